The molecule has 0 aliphatic heterocycles. The van der Waals surface area contributed by atoms with E-state index in [1.54, 1.807) is 0 Å². The molecular formula is C11H24N2O2S. The minimum absolute atomic E-state index is 0.258. The molecule has 16 heavy (non-hydrogen) atoms. The fourth-order valence-corrected chi connectivity index (χ4v) is 3.02. The minimum Gasteiger partial charge on any atom is -0.320 e. The smallest absolute Gasteiger partial charge is 0.211 e. The highest BCUT2D eigenvalue weighted by Crippen LogP contribution is 2.47. The third-order valence-electron chi connectivity index (χ3n) is 3.46. The van der Waals surface area contributed by atoms with E-state index in [9.17, 15) is 8.42 Å². The molecule has 0 bridgehead atoms. The van der Waals surface area contributed by atoms with Crippen LogP contribution in [0.5, 0.6) is 0 Å². The molecule has 0 heterocycles. The lowest BCUT2D eigenvalue weighted by atomic mass is 10.1. The summed E-state index contributed by atoms with van der Waals surface area (Å²) >= 11 is 0. The second kappa shape index (κ2) is 5.98. The van der Waals surface area contributed by atoms with Crippen LogP contribution in [0.1, 0.15) is 39.0 Å². The molecule has 96 valence electrons. The van der Waals surface area contributed by atoms with Crippen LogP contribution in [0, 0.1) is 5.41 Å². The van der Waals surface area contributed by atoms with E-state index in [4.69, 9.17) is 0 Å². The minimum atomic E-state index is -3.04. The number of unbranched alkanes of at least 4 members (excludes halogenated alkanes) is 1. The van der Waals surface area contributed by atoms with Crippen LogP contribution < -0.4 is 10.0 Å². The molecule has 0 saturated heterocycles. The third kappa shape index (κ3) is 4.80. The fourth-order valence-electron chi connectivity index (χ4n) is 1.76. The van der Waals surface area contributed by atoms with Gasteiger partial charge in [0.2, 0.25) is 10.0 Å². The Morgan fingerprint density at radius 1 is 1.25 bits per heavy atom. The first-order valence-corrected chi connectivity index (χ1v) is 7.81. The van der Waals surface area contributed by atoms with Crippen molar-refractivity contribution in [1.82, 2.24) is 10.0 Å². The van der Waals surface area contributed by atoms with Crippen LogP contribution in [-0.4, -0.2) is 34.3 Å². The molecule has 0 spiro atoms. The zero-order valence-corrected chi connectivity index (χ0v) is 11.2. The molecule has 1 fully saturated rings. The zero-order valence-electron chi connectivity index (χ0n) is 10.4. The average molecular weight is 248 g/mol. The van der Waals surface area contributed by atoms with Gasteiger partial charge in [-0.05, 0) is 51.1 Å². The summed E-state index contributed by atoms with van der Waals surface area (Å²) in [5.41, 5.74) is 0.290. The Labute approximate surface area is 99.2 Å². The van der Waals surface area contributed by atoms with Gasteiger partial charge in [-0.2, -0.15) is 0 Å². The number of rotatable bonds is 9. The van der Waals surface area contributed by atoms with E-state index in [2.05, 4.69) is 17.0 Å². The molecule has 2 N–H and O–H groups in total. The monoisotopic (exact) mass is 248 g/mol. The summed E-state index contributed by atoms with van der Waals surface area (Å²) in [5.74, 6) is 0.258. The van der Waals surface area contributed by atoms with Crippen LogP contribution in [0.25, 0.3) is 0 Å². The number of sulfonamides is 1. The second-order valence-electron chi connectivity index (χ2n) is 4.80. The summed E-state index contributed by atoms with van der Waals surface area (Å²) in [4.78, 5) is 0. The summed E-state index contributed by atoms with van der Waals surface area (Å²) in [7, 11) is -1.16. The predicted molar refractivity (Wildman–Crippen MR) is 66.9 cm³/mol. The molecule has 0 radical (unpaired) electrons. The quantitative estimate of drug-likeness (QED) is 0.601. The van der Waals surface area contributed by atoms with Crippen molar-refractivity contribution in [3.05, 3.63) is 0 Å². The topological polar surface area (TPSA) is 58.2 Å². The normalized spacial score (nSPS) is 18.6. The molecule has 0 aromatic rings. The van der Waals surface area contributed by atoms with Gasteiger partial charge in [-0.1, -0.05) is 6.92 Å². The maximum Gasteiger partial charge on any atom is 0.211 e. The van der Waals surface area contributed by atoms with Crippen LogP contribution >= 0.6 is 0 Å². The van der Waals surface area contributed by atoms with Crippen molar-refractivity contribution in [2.75, 3.05) is 25.9 Å². The predicted octanol–water partition coefficient (Wildman–Crippen LogP) is 1.10. The molecule has 1 aliphatic rings. The number of nitrogens with one attached hydrogen (secondary N) is 2. The van der Waals surface area contributed by atoms with Crippen molar-refractivity contribution >= 4 is 10.0 Å². The second-order valence-corrected chi connectivity index (χ2v) is 6.73. The lowest BCUT2D eigenvalue weighted by molar-refractivity contribution is 0.475. The molecular weight excluding hydrogens is 224 g/mol. The van der Waals surface area contributed by atoms with Crippen LogP contribution in [-0.2, 0) is 10.0 Å². The molecule has 0 aromatic heterocycles. The van der Waals surface area contributed by atoms with E-state index in [1.165, 1.54) is 12.8 Å². The van der Waals surface area contributed by atoms with E-state index in [-0.39, 0.29) is 11.2 Å². The van der Waals surface area contributed by atoms with Gasteiger partial charge in [0.1, 0.15) is 0 Å². The van der Waals surface area contributed by atoms with Crippen LogP contribution in [0.2, 0.25) is 0 Å². The Hall–Kier alpha value is -0.130. The van der Waals surface area contributed by atoms with E-state index >= 15 is 0 Å². The fraction of sp³-hybridized carbons (Fsp3) is 1.00. The first-order chi connectivity index (χ1) is 7.54. The van der Waals surface area contributed by atoms with Gasteiger partial charge in [0.15, 0.2) is 0 Å². The SMILES string of the molecule is CCC1(CNS(=O)(=O)CCCCNC)CC1. The Bertz CT molecular complexity index is 297. The molecule has 0 unspecified atom stereocenters. The molecule has 1 aliphatic carbocycles. The number of hydrogen-bond donors (Lipinski definition) is 2. The van der Waals surface area contributed by atoms with Crippen LogP contribution in [0.3, 0.4) is 0 Å². The van der Waals surface area contributed by atoms with Gasteiger partial charge in [0.05, 0.1) is 5.75 Å². The molecule has 1 saturated carbocycles. The van der Waals surface area contributed by atoms with Crippen molar-refractivity contribution in [3.63, 3.8) is 0 Å². The summed E-state index contributed by atoms with van der Waals surface area (Å²) in [6, 6.07) is 0. The van der Waals surface area contributed by atoms with Gasteiger partial charge in [0.25, 0.3) is 0 Å². The lowest BCUT2D eigenvalue weighted by Gasteiger charge is -2.13. The van der Waals surface area contributed by atoms with Crippen LogP contribution in [0.4, 0.5) is 0 Å². The van der Waals surface area contributed by atoms with E-state index in [0.717, 1.165) is 25.8 Å². The first kappa shape index (κ1) is 13.9. The highest BCUT2D eigenvalue weighted by molar-refractivity contribution is 7.89. The maximum absolute atomic E-state index is 11.7. The van der Waals surface area contributed by atoms with Gasteiger partial charge in [-0.3, -0.25) is 0 Å². The standard InChI is InChI=1S/C11H24N2O2S/c1-3-11(6-7-11)10-13-16(14,15)9-5-4-8-12-2/h12-13H,3-10H2,1-2H3. The van der Waals surface area contributed by atoms with Crippen molar-refractivity contribution in [1.29, 1.82) is 0 Å². The molecule has 4 nitrogen and oxygen atoms in total. The number of hydrogen-bond acceptors (Lipinski definition) is 3. The van der Waals surface area contributed by atoms with Gasteiger partial charge < -0.3 is 5.32 Å². The summed E-state index contributed by atoms with van der Waals surface area (Å²) in [6.07, 6.45) is 5.07. The Morgan fingerprint density at radius 2 is 1.94 bits per heavy atom. The van der Waals surface area contributed by atoms with Crippen LogP contribution in [0.15, 0.2) is 0 Å². The highest BCUT2D eigenvalue weighted by Gasteiger charge is 2.40. The van der Waals surface area contributed by atoms with Crippen molar-refractivity contribution < 1.29 is 8.42 Å². The Morgan fingerprint density at radius 3 is 2.44 bits per heavy atom. The Kier molecular flexibility index (Phi) is 5.21. The van der Waals surface area contributed by atoms with Gasteiger partial charge >= 0.3 is 0 Å². The van der Waals surface area contributed by atoms with Crippen molar-refractivity contribution in [2.45, 2.75) is 39.0 Å². The molecule has 0 aromatic carbocycles. The lowest BCUT2D eigenvalue weighted by Crippen LogP contribution is -2.32. The van der Waals surface area contributed by atoms with Gasteiger partial charge in [0, 0.05) is 6.54 Å². The Balaban J connectivity index is 2.18. The average Bonchev–Trinajstić information content (AvgIpc) is 3.03. The summed E-state index contributed by atoms with van der Waals surface area (Å²) < 4.78 is 26.0. The highest BCUT2D eigenvalue weighted by atomic mass is 32.2. The molecule has 0 atom stereocenters. The summed E-state index contributed by atoms with van der Waals surface area (Å²) in [5, 5.41) is 3.01. The summed E-state index contributed by atoms with van der Waals surface area (Å²) in [6.45, 7) is 3.65. The maximum atomic E-state index is 11.7. The van der Waals surface area contributed by atoms with E-state index in [1.807, 2.05) is 7.05 Å². The van der Waals surface area contributed by atoms with E-state index in [0.29, 0.717) is 6.54 Å². The van der Waals surface area contributed by atoms with Crippen molar-refractivity contribution in [2.24, 2.45) is 5.41 Å². The molecule has 1 rings (SSSR count). The first-order valence-electron chi connectivity index (χ1n) is 6.15. The molecule has 0 amide bonds. The van der Waals surface area contributed by atoms with E-state index < -0.39 is 10.0 Å². The third-order valence-corrected chi connectivity index (χ3v) is 4.87. The largest absolute Gasteiger partial charge is 0.320 e. The van der Waals surface area contributed by atoms with Gasteiger partial charge in [-0.15, -0.1) is 0 Å². The van der Waals surface area contributed by atoms with Crippen molar-refractivity contribution in [3.8, 4) is 0 Å². The molecule has 5 heteroatoms. The zero-order chi connectivity index (χ0) is 12.1. The van der Waals surface area contributed by atoms with Gasteiger partial charge in [-0.25, -0.2) is 13.1 Å².